The fraction of sp³-hybridized carbons (Fsp3) is 0.529. The molecule has 0 N–H and O–H groups in total. The maximum absolute atomic E-state index is 2.49. The van der Waals surface area contributed by atoms with Crippen LogP contribution in [0.3, 0.4) is 0 Å². The first-order chi connectivity index (χ1) is 8.68. The molecule has 0 aliphatic heterocycles. The maximum Gasteiger partial charge on any atom is -1.00 e. The van der Waals surface area contributed by atoms with Crippen LogP contribution < -0.4 is 24.8 Å². The van der Waals surface area contributed by atoms with Crippen molar-refractivity contribution in [1.82, 2.24) is 0 Å². The largest absolute Gasteiger partial charge is 1.00 e. The second kappa shape index (κ2) is 7.61. The number of allylic oxidation sites excluding steroid dienone is 8. The van der Waals surface area contributed by atoms with Crippen molar-refractivity contribution in [3.63, 3.8) is 0 Å². The molecule has 3 rings (SSSR count). The molecule has 0 saturated heterocycles. The number of fused-ring (bicyclic) bond motifs is 1. The molecule has 1 saturated carbocycles. The van der Waals surface area contributed by atoms with Gasteiger partial charge in [0.25, 0.3) is 0 Å². The van der Waals surface area contributed by atoms with E-state index in [1.54, 1.807) is 3.28 Å². The van der Waals surface area contributed by atoms with E-state index in [1.165, 1.54) is 6.42 Å². The van der Waals surface area contributed by atoms with Crippen molar-refractivity contribution in [3.8, 4) is 0 Å². The zero-order chi connectivity index (χ0) is 12.7. The van der Waals surface area contributed by atoms with Crippen LogP contribution >= 0.6 is 0 Å². The van der Waals surface area contributed by atoms with Crippen molar-refractivity contribution in [3.05, 3.63) is 43.0 Å². The molecule has 108 valence electrons. The smallest absolute Gasteiger partial charge is 1.00 e. The molecule has 0 nitrogen and oxygen atoms in total. The minimum Gasteiger partial charge on any atom is -1.00 e. The zero-order valence-corrected chi connectivity index (χ0v) is 16.3. The average molecular weight is 388 g/mol. The average Bonchev–Trinajstić information content (AvgIpc) is 2.95. The van der Waals surface area contributed by atoms with E-state index in [1.807, 2.05) is 3.28 Å². The van der Waals surface area contributed by atoms with Crippen molar-refractivity contribution < 1.29 is 48.0 Å². The molecule has 1 fully saturated rings. The first-order valence-corrected chi connectivity index (χ1v) is 9.65. The molecule has 0 aromatic heterocycles. The summed E-state index contributed by atoms with van der Waals surface area (Å²) in [6.07, 6.45) is 15.5. The summed E-state index contributed by atoms with van der Waals surface area (Å²) in [5.74, 6) is 4.30. The van der Waals surface area contributed by atoms with Gasteiger partial charge in [-0.25, -0.2) is 0 Å². The zero-order valence-electron chi connectivity index (χ0n) is 12.3. The van der Waals surface area contributed by atoms with Gasteiger partial charge in [-0.15, -0.1) is 0 Å². The molecule has 3 heteroatoms. The van der Waals surface area contributed by atoms with Gasteiger partial charge in [-0.3, -0.25) is 0 Å². The number of hydrogen-bond acceptors (Lipinski definition) is 0. The predicted molar refractivity (Wildman–Crippen MR) is 73.5 cm³/mol. The van der Waals surface area contributed by atoms with E-state index in [2.05, 4.69) is 57.2 Å². The van der Waals surface area contributed by atoms with Crippen molar-refractivity contribution in [2.24, 2.45) is 29.6 Å². The van der Waals surface area contributed by atoms with Crippen LogP contribution in [0.15, 0.2) is 43.0 Å². The van der Waals surface area contributed by atoms with E-state index in [0.29, 0.717) is 0 Å². The SMILES string of the molecule is CC1C(C)C2C=CC=[C]([Zr+2][C]3=CC=CC3)C2C1C.[Cl-].[Cl-]. The van der Waals surface area contributed by atoms with Crippen LogP contribution in [0.2, 0.25) is 0 Å². The van der Waals surface area contributed by atoms with Gasteiger partial charge in [-0.2, -0.15) is 0 Å². The molecule has 0 heterocycles. The van der Waals surface area contributed by atoms with Gasteiger partial charge >= 0.3 is 123 Å². The summed E-state index contributed by atoms with van der Waals surface area (Å²) in [5, 5.41) is 0. The summed E-state index contributed by atoms with van der Waals surface area (Å²) in [7, 11) is 0. The Kier molecular flexibility index (Phi) is 7.03. The summed E-state index contributed by atoms with van der Waals surface area (Å²) >= 11 is -0.485. The monoisotopic (exact) mass is 386 g/mol. The third kappa shape index (κ3) is 3.26. The van der Waals surface area contributed by atoms with Gasteiger partial charge in [0.1, 0.15) is 0 Å². The van der Waals surface area contributed by atoms with Crippen LogP contribution in [-0.2, 0) is 23.2 Å². The fourth-order valence-electron chi connectivity index (χ4n) is 3.87. The van der Waals surface area contributed by atoms with Crippen molar-refractivity contribution in [2.45, 2.75) is 27.2 Å². The normalized spacial score (nSPS) is 37.2. The molecule has 0 aromatic carbocycles. The third-order valence-corrected chi connectivity index (χ3v) is 8.93. The topological polar surface area (TPSA) is 0 Å². The van der Waals surface area contributed by atoms with Gasteiger partial charge in [0, 0.05) is 0 Å². The van der Waals surface area contributed by atoms with Crippen molar-refractivity contribution in [1.29, 1.82) is 0 Å². The van der Waals surface area contributed by atoms with Gasteiger partial charge in [0.15, 0.2) is 0 Å². The quantitative estimate of drug-likeness (QED) is 0.542. The minimum absolute atomic E-state index is 0. The Bertz CT molecular complexity index is 462. The molecule has 0 bridgehead atoms. The Labute approximate surface area is 147 Å². The Morgan fingerprint density at radius 2 is 1.70 bits per heavy atom. The van der Waals surface area contributed by atoms with Crippen LogP contribution in [0.4, 0.5) is 0 Å². The van der Waals surface area contributed by atoms with E-state index < -0.39 is 23.2 Å². The van der Waals surface area contributed by atoms with Crippen molar-refractivity contribution >= 4 is 0 Å². The second-order valence-corrected chi connectivity index (χ2v) is 9.75. The Morgan fingerprint density at radius 3 is 2.35 bits per heavy atom. The first kappa shape index (κ1) is 18.5. The van der Waals surface area contributed by atoms with E-state index >= 15 is 0 Å². The third-order valence-electron chi connectivity index (χ3n) is 5.29. The van der Waals surface area contributed by atoms with E-state index in [4.69, 9.17) is 0 Å². The fourth-order valence-corrected chi connectivity index (χ4v) is 7.73. The van der Waals surface area contributed by atoms with Crippen LogP contribution in [0.5, 0.6) is 0 Å². The Hall–Kier alpha value is 0.423. The predicted octanol–water partition coefficient (Wildman–Crippen LogP) is -1.47. The molecule has 5 atom stereocenters. The second-order valence-electron chi connectivity index (χ2n) is 6.14. The molecule has 3 aliphatic rings. The van der Waals surface area contributed by atoms with Crippen LogP contribution in [-0.4, -0.2) is 0 Å². The summed E-state index contributed by atoms with van der Waals surface area (Å²) in [6, 6.07) is 0. The minimum atomic E-state index is -0.485. The molecule has 20 heavy (non-hydrogen) atoms. The standard InChI is InChI=1S/C12H17.C5H5.2ClH.Zr/c1-8-9(2)11-6-4-5-7-12(11)10(8)3;1-2-4-5-3-1;;;/h4-6,8-12H,1-3H3;1-3H,4H2;2*1H;/q;;;;+2/p-2. The van der Waals surface area contributed by atoms with E-state index in [0.717, 1.165) is 29.6 Å². The van der Waals surface area contributed by atoms with Gasteiger partial charge in [0.05, 0.1) is 0 Å². The van der Waals surface area contributed by atoms with Crippen LogP contribution in [0.1, 0.15) is 27.2 Å². The maximum atomic E-state index is 2.49. The summed E-state index contributed by atoms with van der Waals surface area (Å²) in [5.41, 5.74) is 0. The number of halogens is 2. The molecule has 5 unspecified atom stereocenters. The van der Waals surface area contributed by atoms with E-state index in [9.17, 15) is 0 Å². The molecular weight excluding hydrogens is 366 g/mol. The summed E-state index contributed by atoms with van der Waals surface area (Å²) < 4.78 is 3.61. The van der Waals surface area contributed by atoms with Gasteiger partial charge < -0.3 is 24.8 Å². The van der Waals surface area contributed by atoms with Gasteiger partial charge in [-0.05, 0) is 0 Å². The number of rotatable bonds is 2. The molecule has 3 aliphatic carbocycles. The summed E-state index contributed by atoms with van der Waals surface area (Å²) in [6.45, 7) is 7.40. The summed E-state index contributed by atoms with van der Waals surface area (Å²) in [4.78, 5) is 0. The molecule has 0 aromatic rings. The first-order valence-electron chi connectivity index (χ1n) is 7.19. The number of hydrogen-bond donors (Lipinski definition) is 0. The van der Waals surface area contributed by atoms with Crippen LogP contribution in [0.25, 0.3) is 0 Å². The van der Waals surface area contributed by atoms with Crippen LogP contribution in [0, 0.1) is 29.6 Å². The molecule has 0 amide bonds. The van der Waals surface area contributed by atoms with Gasteiger partial charge in [0.2, 0.25) is 0 Å². The van der Waals surface area contributed by atoms with E-state index in [-0.39, 0.29) is 24.8 Å². The Balaban J connectivity index is 0.000001000. The van der Waals surface area contributed by atoms with Gasteiger partial charge in [-0.1, -0.05) is 0 Å². The molecular formula is C17H22Cl2Zr. The molecule has 0 radical (unpaired) electrons. The molecule has 0 spiro atoms. The Morgan fingerprint density at radius 1 is 0.950 bits per heavy atom. The van der Waals surface area contributed by atoms with Crippen molar-refractivity contribution in [2.75, 3.05) is 0 Å².